The molecule has 1 aliphatic rings. The zero-order valence-corrected chi connectivity index (χ0v) is 14.0. The summed E-state index contributed by atoms with van der Waals surface area (Å²) in [4.78, 5) is 18.8. The molecular formula is C20H25N3O. The van der Waals surface area contributed by atoms with Crippen LogP contribution in [0.3, 0.4) is 0 Å². The van der Waals surface area contributed by atoms with E-state index in [0.29, 0.717) is 18.2 Å². The van der Waals surface area contributed by atoms with Crippen molar-refractivity contribution in [3.8, 4) is 0 Å². The van der Waals surface area contributed by atoms with Crippen LogP contribution in [0.1, 0.15) is 35.2 Å². The Morgan fingerprint density at radius 3 is 2.46 bits per heavy atom. The molecule has 0 radical (unpaired) electrons. The largest absolute Gasteiger partial charge is 0.350 e. The van der Waals surface area contributed by atoms with E-state index in [2.05, 4.69) is 39.5 Å². The molecule has 0 spiro atoms. The summed E-state index contributed by atoms with van der Waals surface area (Å²) in [7, 11) is 0. The minimum Gasteiger partial charge on any atom is -0.350 e. The van der Waals surface area contributed by atoms with Gasteiger partial charge in [0.05, 0.1) is 0 Å². The van der Waals surface area contributed by atoms with Crippen molar-refractivity contribution in [2.75, 3.05) is 19.6 Å². The number of pyridine rings is 1. The van der Waals surface area contributed by atoms with Gasteiger partial charge in [-0.2, -0.15) is 0 Å². The van der Waals surface area contributed by atoms with Gasteiger partial charge in [-0.1, -0.05) is 36.8 Å². The third kappa shape index (κ3) is 4.65. The zero-order valence-electron chi connectivity index (χ0n) is 14.0. The van der Waals surface area contributed by atoms with Crippen LogP contribution in [0.4, 0.5) is 0 Å². The summed E-state index contributed by atoms with van der Waals surface area (Å²) in [6.45, 7) is 2.93. The molecule has 1 aromatic heterocycles. The highest BCUT2D eigenvalue weighted by Gasteiger charge is 2.21. The second-order valence-corrected chi connectivity index (χ2v) is 6.39. The van der Waals surface area contributed by atoms with E-state index in [-0.39, 0.29) is 5.91 Å². The number of hydrogen-bond acceptors (Lipinski definition) is 3. The van der Waals surface area contributed by atoms with Gasteiger partial charge in [-0.3, -0.25) is 14.7 Å². The molecular weight excluding hydrogens is 298 g/mol. The molecule has 1 unspecified atom stereocenters. The number of amides is 1. The Bertz CT molecular complexity index is 624. The molecule has 1 aliphatic heterocycles. The van der Waals surface area contributed by atoms with Crippen LogP contribution in [0.15, 0.2) is 54.9 Å². The van der Waals surface area contributed by atoms with Gasteiger partial charge in [0.1, 0.15) is 0 Å². The van der Waals surface area contributed by atoms with Crippen LogP contribution in [-0.4, -0.2) is 41.5 Å². The molecule has 1 aromatic carbocycles. The van der Waals surface area contributed by atoms with Crippen LogP contribution >= 0.6 is 0 Å². The van der Waals surface area contributed by atoms with Gasteiger partial charge in [0, 0.05) is 30.5 Å². The normalized spacial score (nSPS) is 16.5. The van der Waals surface area contributed by atoms with Crippen molar-refractivity contribution in [3.63, 3.8) is 0 Å². The van der Waals surface area contributed by atoms with E-state index in [4.69, 9.17) is 0 Å². The number of piperidine rings is 1. The molecule has 2 aromatic rings. The lowest BCUT2D eigenvalue weighted by molar-refractivity contribution is 0.0924. The fraction of sp³-hybridized carbons (Fsp3) is 0.400. The minimum absolute atomic E-state index is 0.0209. The van der Waals surface area contributed by atoms with Crippen LogP contribution < -0.4 is 5.32 Å². The number of hydrogen-bond donors (Lipinski definition) is 1. The summed E-state index contributed by atoms with van der Waals surface area (Å²) < 4.78 is 0. The van der Waals surface area contributed by atoms with Crippen molar-refractivity contribution < 1.29 is 4.79 Å². The topological polar surface area (TPSA) is 45.2 Å². The standard InChI is InChI=1S/C20H25N3O/c24-20(18-9-11-21-12-10-18)22-16-19(23-13-5-2-6-14-23)15-17-7-3-1-4-8-17/h1,3-4,7-12,19H,2,5-6,13-16H2,(H,22,24). The van der Waals surface area contributed by atoms with Crippen LogP contribution in [-0.2, 0) is 6.42 Å². The fourth-order valence-corrected chi connectivity index (χ4v) is 3.32. The molecule has 2 heterocycles. The highest BCUT2D eigenvalue weighted by Crippen LogP contribution is 2.15. The first-order valence-corrected chi connectivity index (χ1v) is 8.79. The van der Waals surface area contributed by atoms with Gasteiger partial charge in [-0.05, 0) is 50.0 Å². The number of benzene rings is 1. The highest BCUT2D eigenvalue weighted by atomic mass is 16.1. The number of rotatable bonds is 6. The monoisotopic (exact) mass is 323 g/mol. The molecule has 0 saturated carbocycles. The third-order valence-electron chi connectivity index (χ3n) is 4.66. The average Bonchev–Trinajstić information content (AvgIpc) is 2.67. The molecule has 1 N–H and O–H groups in total. The first-order chi connectivity index (χ1) is 11.8. The van der Waals surface area contributed by atoms with Crippen molar-refractivity contribution >= 4 is 5.91 Å². The lowest BCUT2D eigenvalue weighted by Crippen LogP contribution is -2.47. The van der Waals surface area contributed by atoms with E-state index in [0.717, 1.165) is 19.5 Å². The second-order valence-electron chi connectivity index (χ2n) is 6.39. The van der Waals surface area contributed by atoms with Crippen LogP contribution in [0.5, 0.6) is 0 Å². The minimum atomic E-state index is -0.0209. The summed E-state index contributed by atoms with van der Waals surface area (Å²) >= 11 is 0. The zero-order chi connectivity index (χ0) is 16.6. The predicted octanol–water partition coefficient (Wildman–Crippen LogP) is 2.91. The van der Waals surface area contributed by atoms with E-state index < -0.39 is 0 Å². The highest BCUT2D eigenvalue weighted by molar-refractivity contribution is 5.93. The first-order valence-electron chi connectivity index (χ1n) is 8.79. The summed E-state index contributed by atoms with van der Waals surface area (Å²) in [6.07, 6.45) is 8.10. The molecule has 1 amide bonds. The SMILES string of the molecule is O=C(NCC(Cc1ccccc1)N1CCCCC1)c1ccncc1. The van der Waals surface area contributed by atoms with Gasteiger partial charge in [0.15, 0.2) is 0 Å². The summed E-state index contributed by atoms with van der Waals surface area (Å²) in [6, 6.07) is 14.4. The molecule has 1 saturated heterocycles. The van der Waals surface area contributed by atoms with Crippen LogP contribution in [0, 0.1) is 0 Å². The summed E-state index contributed by atoms with van der Waals surface area (Å²) in [5.74, 6) is -0.0209. The maximum Gasteiger partial charge on any atom is 0.251 e. The summed E-state index contributed by atoms with van der Waals surface area (Å²) in [5.41, 5.74) is 1.99. The van der Waals surface area contributed by atoms with Gasteiger partial charge in [-0.25, -0.2) is 0 Å². The molecule has 3 rings (SSSR count). The van der Waals surface area contributed by atoms with Crippen LogP contribution in [0.25, 0.3) is 0 Å². The molecule has 126 valence electrons. The number of nitrogens with one attached hydrogen (secondary N) is 1. The number of likely N-dealkylation sites (tertiary alicyclic amines) is 1. The molecule has 4 nitrogen and oxygen atoms in total. The molecule has 1 fully saturated rings. The summed E-state index contributed by atoms with van der Waals surface area (Å²) in [5, 5.41) is 3.11. The quantitative estimate of drug-likeness (QED) is 0.889. The number of nitrogens with zero attached hydrogens (tertiary/aromatic N) is 2. The van der Waals surface area contributed by atoms with Crippen molar-refractivity contribution in [1.29, 1.82) is 0 Å². The number of carbonyl (C=O) groups is 1. The van der Waals surface area contributed by atoms with Crippen molar-refractivity contribution in [3.05, 3.63) is 66.0 Å². The van der Waals surface area contributed by atoms with Gasteiger partial charge >= 0.3 is 0 Å². The van der Waals surface area contributed by atoms with Crippen LogP contribution in [0.2, 0.25) is 0 Å². The molecule has 24 heavy (non-hydrogen) atoms. The van der Waals surface area contributed by atoms with Gasteiger partial charge in [0.25, 0.3) is 5.91 Å². The van der Waals surface area contributed by atoms with E-state index in [1.807, 2.05) is 6.07 Å². The smallest absolute Gasteiger partial charge is 0.251 e. The Hall–Kier alpha value is -2.20. The molecule has 0 aliphatic carbocycles. The predicted molar refractivity (Wildman–Crippen MR) is 95.9 cm³/mol. The number of carbonyl (C=O) groups excluding carboxylic acids is 1. The molecule has 4 heteroatoms. The van der Waals surface area contributed by atoms with E-state index in [1.54, 1.807) is 24.5 Å². The van der Waals surface area contributed by atoms with E-state index in [1.165, 1.54) is 24.8 Å². The second kappa shape index (κ2) is 8.60. The lowest BCUT2D eigenvalue weighted by Gasteiger charge is -2.35. The molecule has 1 atom stereocenters. The first kappa shape index (κ1) is 16.7. The van der Waals surface area contributed by atoms with E-state index in [9.17, 15) is 4.79 Å². The van der Waals surface area contributed by atoms with Gasteiger partial charge < -0.3 is 5.32 Å². The molecule has 0 bridgehead atoms. The van der Waals surface area contributed by atoms with Crippen molar-refractivity contribution in [2.45, 2.75) is 31.7 Å². The van der Waals surface area contributed by atoms with Crippen molar-refractivity contribution in [1.82, 2.24) is 15.2 Å². The number of aromatic nitrogens is 1. The Kier molecular flexibility index (Phi) is 5.96. The maximum absolute atomic E-state index is 12.3. The maximum atomic E-state index is 12.3. The Balaban J connectivity index is 1.64. The van der Waals surface area contributed by atoms with Crippen molar-refractivity contribution in [2.24, 2.45) is 0 Å². The van der Waals surface area contributed by atoms with Gasteiger partial charge in [0.2, 0.25) is 0 Å². The lowest BCUT2D eigenvalue weighted by atomic mass is 10.0. The Labute approximate surface area is 143 Å². The average molecular weight is 323 g/mol. The Morgan fingerprint density at radius 1 is 1.04 bits per heavy atom. The van der Waals surface area contributed by atoms with E-state index >= 15 is 0 Å². The Morgan fingerprint density at radius 2 is 1.75 bits per heavy atom. The van der Waals surface area contributed by atoms with Gasteiger partial charge in [-0.15, -0.1) is 0 Å². The fourth-order valence-electron chi connectivity index (χ4n) is 3.32. The third-order valence-corrected chi connectivity index (χ3v) is 4.66.